The lowest BCUT2D eigenvalue weighted by Crippen LogP contribution is -2.35. The monoisotopic (exact) mass is 212 g/mol. The highest BCUT2D eigenvalue weighted by atomic mass is 15.2. The Balaban J connectivity index is 2.25. The summed E-state index contributed by atoms with van der Waals surface area (Å²) in [5.41, 5.74) is 5.67. The summed E-state index contributed by atoms with van der Waals surface area (Å²) in [6.45, 7) is 7.82. The molecule has 0 bridgehead atoms. The predicted octanol–water partition coefficient (Wildman–Crippen LogP) is 2.63. The van der Waals surface area contributed by atoms with Crippen molar-refractivity contribution in [3.63, 3.8) is 0 Å². The van der Waals surface area contributed by atoms with Crippen LogP contribution in [0.5, 0.6) is 0 Å². The van der Waals surface area contributed by atoms with E-state index in [1.165, 1.54) is 45.1 Å². The summed E-state index contributed by atoms with van der Waals surface area (Å²) >= 11 is 0. The lowest BCUT2D eigenvalue weighted by molar-refractivity contribution is 0.215. The molecule has 2 heteroatoms. The average Bonchev–Trinajstić information content (AvgIpc) is 3.06. The van der Waals surface area contributed by atoms with Crippen LogP contribution in [0.2, 0.25) is 0 Å². The van der Waals surface area contributed by atoms with Gasteiger partial charge >= 0.3 is 0 Å². The number of hydrogen-bond acceptors (Lipinski definition) is 2. The Kier molecular flexibility index (Phi) is 6.26. The Labute approximate surface area is 95.2 Å². The largest absolute Gasteiger partial charge is 0.329 e. The maximum atomic E-state index is 5.67. The first-order valence-electron chi connectivity index (χ1n) is 6.75. The van der Waals surface area contributed by atoms with Gasteiger partial charge in [-0.15, -0.1) is 0 Å². The molecule has 1 rings (SSSR count). The van der Waals surface area contributed by atoms with Gasteiger partial charge < -0.3 is 5.73 Å². The fourth-order valence-electron chi connectivity index (χ4n) is 2.28. The van der Waals surface area contributed by atoms with Gasteiger partial charge in [-0.2, -0.15) is 0 Å². The van der Waals surface area contributed by atoms with Crippen LogP contribution in [-0.2, 0) is 0 Å². The van der Waals surface area contributed by atoms with Gasteiger partial charge in [0.1, 0.15) is 0 Å². The fraction of sp³-hybridized carbons (Fsp3) is 1.00. The third kappa shape index (κ3) is 4.98. The second kappa shape index (κ2) is 7.24. The molecule has 0 aromatic heterocycles. The molecular formula is C13H28N2. The molecule has 1 saturated carbocycles. The zero-order valence-corrected chi connectivity index (χ0v) is 10.5. The lowest BCUT2D eigenvalue weighted by Gasteiger charge is -2.26. The summed E-state index contributed by atoms with van der Waals surface area (Å²) in [5.74, 6) is 0.900. The van der Waals surface area contributed by atoms with Gasteiger partial charge in [0.2, 0.25) is 0 Å². The van der Waals surface area contributed by atoms with E-state index in [2.05, 4.69) is 18.7 Å². The first-order chi connectivity index (χ1) is 7.31. The summed E-state index contributed by atoms with van der Waals surface area (Å²) in [7, 11) is 0. The molecule has 1 aliphatic carbocycles. The number of hydrogen-bond donors (Lipinski definition) is 1. The van der Waals surface area contributed by atoms with Crippen LogP contribution in [-0.4, -0.2) is 30.6 Å². The van der Waals surface area contributed by atoms with Crippen molar-refractivity contribution in [3.05, 3.63) is 0 Å². The molecule has 90 valence electrons. The minimum atomic E-state index is 0.820. The van der Waals surface area contributed by atoms with Crippen molar-refractivity contribution in [1.29, 1.82) is 0 Å². The van der Waals surface area contributed by atoms with Crippen molar-refractivity contribution in [2.45, 2.75) is 58.4 Å². The van der Waals surface area contributed by atoms with Gasteiger partial charge in [-0.1, -0.05) is 33.1 Å². The van der Waals surface area contributed by atoms with E-state index in [1.807, 2.05) is 0 Å². The number of nitrogens with two attached hydrogens (primary N) is 1. The van der Waals surface area contributed by atoms with E-state index in [4.69, 9.17) is 5.73 Å². The Bertz CT molecular complexity index is 155. The molecule has 2 nitrogen and oxygen atoms in total. The molecule has 0 radical (unpaired) electrons. The van der Waals surface area contributed by atoms with E-state index < -0.39 is 0 Å². The molecule has 1 unspecified atom stereocenters. The second-order valence-electron chi connectivity index (χ2n) is 4.93. The summed E-state index contributed by atoms with van der Waals surface area (Å²) < 4.78 is 0. The van der Waals surface area contributed by atoms with E-state index >= 15 is 0 Å². The highest BCUT2D eigenvalue weighted by Crippen LogP contribution is 2.28. The average molecular weight is 212 g/mol. The molecule has 0 heterocycles. The molecule has 0 aliphatic heterocycles. The van der Waals surface area contributed by atoms with Gasteiger partial charge in [-0.3, -0.25) is 4.90 Å². The first kappa shape index (κ1) is 13.0. The Hall–Kier alpha value is -0.0800. The summed E-state index contributed by atoms with van der Waals surface area (Å²) in [4.78, 5) is 2.63. The molecule has 2 N–H and O–H groups in total. The summed E-state index contributed by atoms with van der Waals surface area (Å²) in [6.07, 6.45) is 8.26. The molecule has 0 spiro atoms. The van der Waals surface area contributed by atoms with Crippen LogP contribution in [0, 0.1) is 5.92 Å². The molecule has 1 fully saturated rings. The molecule has 0 aromatic carbocycles. The highest BCUT2D eigenvalue weighted by molar-refractivity contribution is 4.85. The van der Waals surface area contributed by atoms with Crippen molar-refractivity contribution in [2.75, 3.05) is 19.6 Å². The van der Waals surface area contributed by atoms with Crippen LogP contribution in [0.25, 0.3) is 0 Å². The van der Waals surface area contributed by atoms with Gasteiger partial charge in [0, 0.05) is 25.7 Å². The molecule has 15 heavy (non-hydrogen) atoms. The van der Waals surface area contributed by atoms with Crippen LogP contribution < -0.4 is 5.73 Å². The number of rotatable bonds is 9. The molecule has 0 aromatic rings. The van der Waals surface area contributed by atoms with Crippen molar-refractivity contribution < 1.29 is 0 Å². The van der Waals surface area contributed by atoms with Crippen LogP contribution in [0.1, 0.15) is 52.4 Å². The van der Waals surface area contributed by atoms with E-state index in [9.17, 15) is 0 Å². The number of nitrogens with zero attached hydrogens (tertiary/aromatic N) is 1. The quantitative estimate of drug-likeness (QED) is 0.636. The van der Waals surface area contributed by atoms with Crippen LogP contribution in [0.4, 0.5) is 0 Å². The topological polar surface area (TPSA) is 29.3 Å². The zero-order valence-electron chi connectivity index (χ0n) is 10.5. The fourth-order valence-corrected chi connectivity index (χ4v) is 2.28. The summed E-state index contributed by atoms with van der Waals surface area (Å²) in [6, 6.07) is 0.879. The maximum absolute atomic E-state index is 5.67. The Morgan fingerprint density at radius 1 is 1.33 bits per heavy atom. The third-order valence-electron chi connectivity index (χ3n) is 3.52. The van der Waals surface area contributed by atoms with Crippen molar-refractivity contribution >= 4 is 0 Å². The van der Waals surface area contributed by atoms with Gasteiger partial charge in [0.05, 0.1) is 0 Å². The van der Waals surface area contributed by atoms with E-state index in [0.29, 0.717) is 0 Å². The van der Waals surface area contributed by atoms with Crippen molar-refractivity contribution in [3.8, 4) is 0 Å². The third-order valence-corrected chi connectivity index (χ3v) is 3.52. The lowest BCUT2D eigenvalue weighted by atomic mass is 9.98. The second-order valence-corrected chi connectivity index (χ2v) is 4.93. The Morgan fingerprint density at radius 3 is 2.53 bits per heavy atom. The standard InChI is InChI=1S/C13H28N2/c1-3-5-6-12(4-2)11-15(10-9-14)13-7-8-13/h12-13H,3-11,14H2,1-2H3. The smallest absolute Gasteiger partial charge is 0.0108 e. The minimum absolute atomic E-state index is 0.820. The predicted molar refractivity (Wildman–Crippen MR) is 67.0 cm³/mol. The molecule has 1 aliphatic rings. The minimum Gasteiger partial charge on any atom is -0.329 e. The Morgan fingerprint density at radius 2 is 2.07 bits per heavy atom. The van der Waals surface area contributed by atoms with Gasteiger partial charge in [-0.25, -0.2) is 0 Å². The van der Waals surface area contributed by atoms with Gasteiger partial charge in [0.15, 0.2) is 0 Å². The van der Waals surface area contributed by atoms with Crippen LogP contribution in [0.15, 0.2) is 0 Å². The zero-order chi connectivity index (χ0) is 11.1. The summed E-state index contributed by atoms with van der Waals surface area (Å²) in [5, 5.41) is 0. The SMILES string of the molecule is CCCCC(CC)CN(CCN)C1CC1. The van der Waals surface area contributed by atoms with Crippen LogP contribution in [0.3, 0.4) is 0 Å². The van der Waals surface area contributed by atoms with Crippen molar-refractivity contribution in [1.82, 2.24) is 4.90 Å². The molecule has 0 amide bonds. The van der Waals surface area contributed by atoms with Gasteiger partial charge in [0.25, 0.3) is 0 Å². The molecule has 0 saturated heterocycles. The number of unbranched alkanes of at least 4 members (excludes halogenated alkanes) is 1. The molecule has 1 atom stereocenters. The van der Waals surface area contributed by atoms with Gasteiger partial charge in [-0.05, 0) is 25.2 Å². The van der Waals surface area contributed by atoms with Crippen molar-refractivity contribution in [2.24, 2.45) is 11.7 Å². The first-order valence-corrected chi connectivity index (χ1v) is 6.75. The van der Waals surface area contributed by atoms with E-state index in [1.54, 1.807) is 0 Å². The molecular weight excluding hydrogens is 184 g/mol. The maximum Gasteiger partial charge on any atom is 0.0108 e. The van der Waals surface area contributed by atoms with E-state index in [0.717, 1.165) is 25.0 Å². The highest BCUT2D eigenvalue weighted by Gasteiger charge is 2.29. The van der Waals surface area contributed by atoms with Crippen LogP contribution >= 0.6 is 0 Å². The normalized spacial score (nSPS) is 18.4. The van der Waals surface area contributed by atoms with E-state index in [-0.39, 0.29) is 0 Å².